The summed E-state index contributed by atoms with van der Waals surface area (Å²) in [5.41, 5.74) is 4.30. The van der Waals surface area contributed by atoms with Gasteiger partial charge in [-0.3, -0.25) is 0 Å². The van der Waals surface area contributed by atoms with Crippen molar-refractivity contribution in [2.24, 2.45) is 5.41 Å². The van der Waals surface area contributed by atoms with Crippen LogP contribution in [0, 0.1) is 18.2 Å². The highest BCUT2D eigenvalue weighted by Gasteiger charge is 2.19. The number of nitrogens with zero attached hydrogens (tertiary/aromatic N) is 2. The monoisotopic (exact) mass is 414 g/mol. The van der Waals surface area contributed by atoms with Gasteiger partial charge in [0.15, 0.2) is 0 Å². The zero-order valence-corrected chi connectivity index (χ0v) is 18.4. The summed E-state index contributed by atoms with van der Waals surface area (Å²) < 4.78 is 17.5. The van der Waals surface area contributed by atoms with Crippen molar-refractivity contribution in [1.29, 1.82) is 0 Å². The molecule has 2 heterocycles. The molecule has 0 N–H and O–H groups in total. The van der Waals surface area contributed by atoms with Gasteiger partial charge >= 0.3 is 0 Å². The first-order chi connectivity index (χ1) is 14.3. The van der Waals surface area contributed by atoms with Crippen LogP contribution >= 0.6 is 11.3 Å². The second-order valence-electron chi connectivity index (χ2n) is 9.15. The van der Waals surface area contributed by atoms with E-state index in [9.17, 15) is 0 Å². The minimum atomic E-state index is -0.209. The Hall–Kier alpha value is -2.85. The van der Waals surface area contributed by atoms with Crippen molar-refractivity contribution >= 4 is 42.4 Å². The van der Waals surface area contributed by atoms with Crippen LogP contribution in [0.15, 0.2) is 54.9 Å². The summed E-state index contributed by atoms with van der Waals surface area (Å²) in [5, 5.41) is 3.06. The summed E-state index contributed by atoms with van der Waals surface area (Å²) in [5.74, 6) is -0.209. The zero-order valence-electron chi connectivity index (χ0n) is 17.6. The van der Waals surface area contributed by atoms with Crippen molar-refractivity contribution in [3.05, 3.63) is 71.8 Å². The molecule has 2 nitrogen and oxygen atoms in total. The van der Waals surface area contributed by atoms with Gasteiger partial charge in [0.25, 0.3) is 0 Å². The minimum absolute atomic E-state index is 0.209. The smallest absolute Gasteiger partial charge is 0.136 e. The standard InChI is InChI=1S/C26H23FN2S/c1-15-18-8-6-5-7-17(18)12-20(22(15)27)24-25-23(28-14-29-24)19-10-9-16(11-21(19)30-25)13-26(2,3)4/h5-12,14H,13H2,1-4H3. The normalized spacial score (nSPS) is 12.3. The molecule has 2 aromatic heterocycles. The Bertz CT molecular complexity index is 1430. The molecule has 5 aromatic rings. The number of halogens is 1. The molecule has 0 saturated carbocycles. The Labute approximate surface area is 179 Å². The van der Waals surface area contributed by atoms with E-state index in [0.29, 0.717) is 16.8 Å². The van der Waals surface area contributed by atoms with Crippen LogP contribution in [-0.2, 0) is 6.42 Å². The summed E-state index contributed by atoms with van der Waals surface area (Å²) >= 11 is 1.65. The van der Waals surface area contributed by atoms with Gasteiger partial charge in [-0.2, -0.15) is 0 Å². The lowest BCUT2D eigenvalue weighted by atomic mass is 9.88. The lowest BCUT2D eigenvalue weighted by Crippen LogP contribution is -2.08. The molecule has 30 heavy (non-hydrogen) atoms. The molecule has 0 aliphatic rings. The summed E-state index contributed by atoms with van der Waals surface area (Å²) in [7, 11) is 0. The first kappa shape index (κ1) is 19.1. The van der Waals surface area contributed by atoms with Crippen LogP contribution in [0.25, 0.3) is 42.3 Å². The predicted octanol–water partition coefficient (Wildman–Crippen LogP) is 7.70. The summed E-state index contributed by atoms with van der Waals surface area (Å²) in [6.07, 6.45) is 2.56. The maximum atomic E-state index is 15.4. The molecule has 0 saturated heterocycles. The molecule has 0 atom stereocenters. The summed E-state index contributed by atoms with van der Waals surface area (Å²) in [4.78, 5) is 9.07. The SMILES string of the molecule is Cc1c(F)c(-c2ncnc3c2sc2cc(CC(C)(C)C)ccc23)cc2ccccc12. The lowest BCUT2D eigenvalue weighted by molar-refractivity contribution is 0.411. The zero-order chi connectivity index (χ0) is 21.0. The van der Waals surface area contributed by atoms with Crippen LogP contribution < -0.4 is 0 Å². The fourth-order valence-corrected chi connectivity index (χ4v) is 5.43. The Balaban J connectivity index is 1.75. The van der Waals surface area contributed by atoms with Gasteiger partial charge in [0.05, 0.1) is 15.9 Å². The molecule has 0 aliphatic carbocycles. The molecule has 3 aromatic carbocycles. The Morgan fingerprint density at radius 2 is 1.77 bits per heavy atom. The quantitative estimate of drug-likeness (QED) is 0.296. The van der Waals surface area contributed by atoms with E-state index in [-0.39, 0.29) is 11.2 Å². The molecule has 0 unspecified atom stereocenters. The van der Waals surface area contributed by atoms with Crippen molar-refractivity contribution in [3.63, 3.8) is 0 Å². The molecular weight excluding hydrogens is 391 g/mol. The highest BCUT2D eigenvalue weighted by molar-refractivity contribution is 7.26. The fraction of sp³-hybridized carbons (Fsp3) is 0.231. The van der Waals surface area contributed by atoms with E-state index in [1.165, 1.54) is 10.3 Å². The molecule has 0 spiro atoms. The largest absolute Gasteiger partial charge is 0.235 e. The van der Waals surface area contributed by atoms with E-state index in [0.717, 1.165) is 32.8 Å². The van der Waals surface area contributed by atoms with Gasteiger partial charge in [-0.25, -0.2) is 14.4 Å². The molecule has 4 heteroatoms. The average Bonchev–Trinajstić information content (AvgIpc) is 3.07. The lowest BCUT2D eigenvalue weighted by Gasteiger charge is -2.17. The first-order valence-corrected chi connectivity index (χ1v) is 11.0. The van der Waals surface area contributed by atoms with Crippen LogP contribution in [0.4, 0.5) is 4.39 Å². The molecule has 5 rings (SSSR count). The van der Waals surface area contributed by atoms with E-state index in [2.05, 4.69) is 48.9 Å². The van der Waals surface area contributed by atoms with Crippen LogP contribution in [-0.4, -0.2) is 9.97 Å². The Morgan fingerprint density at radius 1 is 0.967 bits per heavy atom. The minimum Gasteiger partial charge on any atom is -0.235 e. The van der Waals surface area contributed by atoms with Crippen molar-refractivity contribution in [1.82, 2.24) is 9.97 Å². The fourth-order valence-electron chi connectivity index (χ4n) is 4.21. The van der Waals surface area contributed by atoms with Crippen LogP contribution in [0.1, 0.15) is 31.9 Å². The van der Waals surface area contributed by atoms with Crippen molar-refractivity contribution in [2.75, 3.05) is 0 Å². The summed E-state index contributed by atoms with van der Waals surface area (Å²) in [6.45, 7) is 8.58. The molecule has 0 aliphatic heterocycles. The second-order valence-corrected chi connectivity index (χ2v) is 10.2. The second kappa shape index (κ2) is 6.85. The summed E-state index contributed by atoms with van der Waals surface area (Å²) in [6, 6.07) is 16.4. The predicted molar refractivity (Wildman–Crippen MR) is 126 cm³/mol. The van der Waals surface area contributed by atoms with Gasteiger partial charge in [-0.05, 0) is 52.8 Å². The molecule has 150 valence electrons. The first-order valence-electron chi connectivity index (χ1n) is 10.2. The number of rotatable bonds is 2. The van der Waals surface area contributed by atoms with Gasteiger partial charge in [0.1, 0.15) is 12.1 Å². The van der Waals surface area contributed by atoms with Crippen molar-refractivity contribution in [3.8, 4) is 11.3 Å². The van der Waals surface area contributed by atoms with E-state index in [1.807, 2.05) is 37.3 Å². The molecule has 0 bridgehead atoms. The molecule has 0 radical (unpaired) electrons. The van der Waals surface area contributed by atoms with E-state index in [1.54, 1.807) is 17.7 Å². The molecular formula is C26H23FN2S. The average molecular weight is 415 g/mol. The number of thiophene rings is 1. The van der Waals surface area contributed by atoms with E-state index >= 15 is 4.39 Å². The van der Waals surface area contributed by atoms with Crippen LogP contribution in [0.3, 0.4) is 0 Å². The maximum absolute atomic E-state index is 15.4. The maximum Gasteiger partial charge on any atom is 0.136 e. The molecule has 0 amide bonds. The number of hydrogen-bond acceptors (Lipinski definition) is 3. The highest BCUT2D eigenvalue weighted by atomic mass is 32.1. The van der Waals surface area contributed by atoms with Crippen LogP contribution in [0.5, 0.6) is 0 Å². The van der Waals surface area contributed by atoms with Gasteiger partial charge < -0.3 is 0 Å². The molecule has 0 fully saturated rings. The topological polar surface area (TPSA) is 25.8 Å². The van der Waals surface area contributed by atoms with Gasteiger partial charge in [0.2, 0.25) is 0 Å². The highest BCUT2D eigenvalue weighted by Crippen LogP contribution is 2.40. The van der Waals surface area contributed by atoms with Gasteiger partial charge in [0, 0.05) is 15.6 Å². The third-order valence-corrected chi connectivity index (χ3v) is 6.69. The van der Waals surface area contributed by atoms with E-state index < -0.39 is 0 Å². The van der Waals surface area contributed by atoms with Gasteiger partial charge in [-0.15, -0.1) is 11.3 Å². The Morgan fingerprint density at radius 3 is 2.57 bits per heavy atom. The Kier molecular flexibility index (Phi) is 4.37. The number of hydrogen-bond donors (Lipinski definition) is 0. The third kappa shape index (κ3) is 3.16. The number of fused-ring (bicyclic) bond motifs is 4. The van der Waals surface area contributed by atoms with Crippen LogP contribution in [0.2, 0.25) is 0 Å². The van der Waals surface area contributed by atoms with E-state index in [4.69, 9.17) is 0 Å². The number of aromatic nitrogens is 2. The van der Waals surface area contributed by atoms with Crippen molar-refractivity contribution in [2.45, 2.75) is 34.1 Å². The third-order valence-electron chi connectivity index (χ3n) is 5.54. The number of aryl methyl sites for hydroxylation is 1. The number of benzene rings is 3. The van der Waals surface area contributed by atoms with Gasteiger partial charge in [-0.1, -0.05) is 57.2 Å². The van der Waals surface area contributed by atoms with Crippen molar-refractivity contribution < 1.29 is 4.39 Å².